The molecule has 3 aromatic carbocycles. The van der Waals surface area contributed by atoms with Gasteiger partial charge in [-0.2, -0.15) is 0 Å². The van der Waals surface area contributed by atoms with Crippen molar-refractivity contribution in [2.24, 2.45) is 0 Å². The predicted octanol–water partition coefficient (Wildman–Crippen LogP) is 4.30. The van der Waals surface area contributed by atoms with Gasteiger partial charge < -0.3 is 0 Å². The molecular formula is C19H15O+. The Morgan fingerprint density at radius 3 is 2.55 bits per heavy atom. The maximum atomic E-state index is 5.38. The number of hydrogen-bond acceptors (Lipinski definition) is 0. The first kappa shape index (κ1) is 11.4. The van der Waals surface area contributed by atoms with Crippen LogP contribution in [0.5, 0.6) is 0 Å². The Hall–Kier alpha value is -2.41. The second-order valence-corrected chi connectivity index (χ2v) is 5.20. The minimum absolute atomic E-state index is 0.876. The van der Waals surface area contributed by atoms with Crippen LogP contribution in [-0.4, -0.2) is 12.9 Å². The van der Waals surface area contributed by atoms with Crippen LogP contribution in [0.3, 0.4) is 0 Å². The molecule has 1 heteroatoms. The molecule has 0 heterocycles. The summed E-state index contributed by atoms with van der Waals surface area (Å²) in [6.45, 7) is 0. The summed E-state index contributed by atoms with van der Waals surface area (Å²) in [5.74, 6) is 1.03. The van der Waals surface area contributed by atoms with E-state index >= 15 is 0 Å². The highest BCUT2D eigenvalue weighted by atomic mass is 16.4. The Bertz CT molecular complexity index is 885. The largest absolute Gasteiger partial charge is 0.323 e. The Morgan fingerprint density at radius 2 is 1.65 bits per heavy atom. The molecule has 0 saturated heterocycles. The topological polar surface area (TPSA) is 11.3 Å². The number of ketones is 1. The maximum absolute atomic E-state index is 5.38. The van der Waals surface area contributed by atoms with E-state index in [9.17, 15) is 0 Å². The maximum Gasteiger partial charge on any atom is 0.323 e. The lowest BCUT2D eigenvalue weighted by molar-refractivity contribution is -0.420. The van der Waals surface area contributed by atoms with Crippen molar-refractivity contribution in [2.45, 2.75) is 6.42 Å². The first-order chi connectivity index (χ1) is 9.86. The molecule has 0 radical (unpaired) electrons. The zero-order valence-electron chi connectivity index (χ0n) is 11.4. The molecule has 1 aliphatic rings. The smallest absolute Gasteiger partial charge is 0.262 e. The first-order valence-corrected chi connectivity index (χ1v) is 6.88. The van der Waals surface area contributed by atoms with E-state index in [1.54, 1.807) is 7.11 Å². The van der Waals surface area contributed by atoms with Gasteiger partial charge >= 0.3 is 5.78 Å². The number of benzene rings is 3. The van der Waals surface area contributed by atoms with Gasteiger partial charge in [-0.3, -0.25) is 4.42 Å². The van der Waals surface area contributed by atoms with Crippen molar-refractivity contribution in [1.82, 2.24) is 0 Å². The van der Waals surface area contributed by atoms with Gasteiger partial charge in [0, 0.05) is 6.08 Å². The van der Waals surface area contributed by atoms with Gasteiger partial charge in [-0.15, -0.1) is 0 Å². The summed E-state index contributed by atoms with van der Waals surface area (Å²) >= 11 is 0. The van der Waals surface area contributed by atoms with Crippen LogP contribution < -0.4 is 0 Å². The van der Waals surface area contributed by atoms with Crippen LogP contribution in [-0.2, 0) is 10.8 Å². The summed E-state index contributed by atoms with van der Waals surface area (Å²) in [6, 6.07) is 17.4. The van der Waals surface area contributed by atoms with Crippen LogP contribution in [0, 0.1) is 0 Å². The van der Waals surface area contributed by atoms with Crippen LogP contribution in [0.25, 0.3) is 27.6 Å². The first-order valence-electron chi connectivity index (χ1n) is 6.88. The molecule has 0 unspecified atom stereocenters. The Labute approximate surface area is 117 Å². The van der Waals surface area contributed by atoms with Gasteiger partial charge in [-0.25, -0.2) is 0 Å². The lowest BCUT2D eigenvalue weighted by atomic mass is 9.89. The lowest BCUT2D eigenvalue weighted by Crippen LogP contribution is -2.08. The molecule has 96 valence electrons. The second-order valence-electron chi connectivity index (χ2n) is 5.20. The number of hydrogen-bond donors (Lipinski definition) is 0. The van der Waals surface area contributed by atoms with E-state index in [-0.39, 0.29) is 0 Å². The van der Waals surface area contributed by atoms with Gasteiger partial charge in [-0.1, -0.05) is 48.5 Å². The van der Waals surface area contributed by atoms with E-state index in [1.165, 1.54) is 32.7 Å². The second kappa shape index (κ2) is 4.31. The minimum atomic E-state index is 0.876. The molecule has 20 heavy (non-hydrogen) atoms. The van der Waals surface area contributed by atoms with E-state index < -0.39 is 0 Å². The van der Waals surface area contributed by atoms with Crippen LogP contribution >= 0.6 is 0 Å². The lowest BCUT2D eigenvalue weighted by Gasteiger charge is -2.13. The fraction of sp³-hybridized carbons (Fsp3) is 0.105. The molecule has 3 aromatic rings. The molecule has 0 spiro atoms. The average molecular weight is 259 g/mol. The molecule has 0 bridgehead atoms. The van der Waals surface area contributed by atoms with Gasteiger partial charge in [0.2, 0.25) is 0 Å². The van der Waals surface area contributed by atoms with Gasteiger partial charge in [0.1, 0.15) is 0 Å². The molecule has 1 aliphatic carbocycles. The third kappa shape index (κ3) is 1.60. The molecule has 0 atom stereocenters. The zero-order valence-corrected chi connectivity index (χ0v) is 11.4. The van der Waals surface area contributed by atoms with Crippen molar-refractivity contribution in [3.8, 4) is 0 Å². The Kier molecular flexibility index (Phi) is 2.46. The summed E-state index contributed by atoms with van der Waals surface area (Å²) in [6.07, 6.45) is 5.15. The van der Waals surface area contributed by atoms with E-state index in [2.05, 4.69) is 60.7 Å². The highest BCUT2D eigenvalue weighted by Crippen LogP contribution is 2.32. The fourth-order valence-corrected chi connectivity index (χ4v) is 3.08. The number of rotatable bonds is 0. The quantitative estimate of drug-likeness (QED) is 0.421. The van der Waals surface area contributed by atoms with Gasteiger partial charge in [0.05, 0.1) is 6.42 Å². The molecule has 1 nitrogen and oxygen atoms in total. The highest BCUT2D eigenvalue weighted by molar-refractivity contribution is 6.14. The molecule has 0 aromatic heterocycles. The molecule has 0 saturated carbocycles. The minimum Gasteiger partial charge on any atom is -0.262 e. The molecule has 0 N–H and O–H groups in total. The fourth-order valence-electron chi connectivity index (χ4n) is 3.08. The molecule has 4 rings (SSSR count). The third-order valence-corrected chi connectivity index (χ3v) is 4.10. The predicted molar refractivity (Wildman–Crippen MR) is 85.1 cm³/mol. The number of carbonyl (C=O) groups excluding carboxylic acids is 1. The van der Waals surface area contributed by atoms with Crippen LogP contribution in [0.4, 0.5) is 0 Å². The van der Waals surface area contributed by atoms with Crippen LogP contribution in [0.2, 0.25) is 0 Å². The van der Waals surface area contributed by atoms with Crippen molar-refractivity contribution in [3.63, 3.8) is 0 Å². The van der Waals surface area contributed by atoms with Crippen molar-refractivity contribution in [1.29, 1.82) is 0 Å². The zero-order chi connectivity index (χ0) is 13.5. The van der Waals surface area contributed by atoms with E-state index in [0.717, 1.165) is 12.2 Å². The number of fused-ring (bicyclic) bond motifs is 5. The van der Waals surface area contributed by atoms with E-state index in [1.807, 2.05) is 0 Å². The molecule has 0 amide bonds. The number of allylic oxidation sites excluding steroid dienone is 1. The summed E-state index contributed by atoms with van der Waals surface area (Å²) in [7, 11) is 1.74. The van der Waals surface area contributed by atoms with Crippen molar-refractivity contribution >= 4 is 33.4 Å². The van der Waals surface area contributed by atoms with Gasteiger partial charge in [0.15, 0.2) is 0 Å². The summed E-state index contributed by atoms with van der Waals surface area (Å²) in [5, 5.41) is 5.27. The third-order valence-electron chi connectivity index (χ3n) is 4.10. The van der Waals surface area contributed by atoms with Crippen molar-refractivity contribution in [3.05, 3.63) is 65.7 Å². The normalized spacial score (nSPS) is 15.9. The van der Waals surface area contributed by atoms with Gasteiger partial charge in [0.25, 0.3) is 7.11 Å². The van der Waals surface area contributed by atoms with E-state index in [4.69, 9.17) is 4.42 Å². The monoisotopic (exact) mass is 259 g/mol. The average Bonchev–Trinajstić information content (AvgIpc) is 2.53. The van der Waals surface area contributed by atoms with E-state index in [0.29, 0.717) is 0 Å². The highest BCUT2D eigenvalue weighted by Gasteiger charge is 2.18. The van der Waals surface area contributed by atoms with Crippen molar-refractivity contribution < 1.29 is 4.42 Å². The SMILES string of the molecule is C[O+]=C1C=Cc2c(ccc3ccc4ccccc4c23)C1. The summed E-state index contributed by atoms with van der Waals surface area (Å²) < 4.78 is 5.38. The van der Waals surface area contributed by atoms with Crippen LogP contribution in [0.15, 0.2) is 54.6 Å². The molecular weight excluding hydrogens is 244 g/mol. The Morgan fingerprint density at radius 1 is 0.850 bits per heavy atom. The van der Waals surface area contributed by atoms with Crippen molar-refractivity contribution in [2.75, 3.05) is 7.11 Å². The van der Waals surface area contributed by atoms with Crippen LogP contribution in [0.1, 0.15) is 11.1 Å². The summed E-state index contributed by atoms with van der Waals surface area (Å²) in [5.41, 5.74) is 2.67. The summed E-state index contributed by atoms with van der Waals surface area (Å²) in [4.78, 5) is 0. The molecule has 0 aliphatic heterocycles. The van der Waals surface area contributed by atoms with Gasteiger partial charge in [-0.05, 0) is 38.7 Å². The Balaban J connectivity index is 2.15. The molecule has 0 fully saturated rings. The standard InChI is InChI=1S/C19H15O/c1-20-16-10-11-18-15(12-16)9-8-14-7-6-13-4-2-3-5-17(13)19(14)18/h2-11H,12H2,1H3/q+1.